The molecule has 2 rings (SSSR count). The fourth-order valence-electron chi connectivity index (χ4n) is 1.90. The van der Waals surface area contributed by atoms with Gasteiger partial charge in [0.1, 0.15) is 24.0 Å². The van der Waals surface area contributed by atoms with Crippen LogP contribution < -0.4 is 4.74 Å². The third-order valence-corrected chi connectivity index (χ3v) is 3.12. The molecule has 0 fully saturated rings. The minimum Gasteiger partial charge on any atom is -0.508 e. The van der Waals surface area contributed by atoms with Gasteiger partial charge in [0.25, 0.3) is 0 Å². The van der Waals surface area contributed by atoms with Crippen LogP contribution in [0.5, 0.6) is 11.5 Å². The predicted molar refractivity (Wildman–Crippen MR) is 64.5 cm³/mol. The number of nitrogens with zero attached hydrogens (tertiary/aromatic N) is 1. The molecular formula is C12H14ClNO3. The van der Waals surface area contributed by atoms with Gasteiger partial charge in [-0.25, -0.2) is 0 Å². The number of phenols is 1. The highest BCUT2D eigenvalue weighted by Gasteiger charge is 2.21. The van der Waals surface area contributed by atoms with Gasteiger partial charge >= 0.3 is 0 Å². The van der Waals surface area contributed by atoms with E-state index >= 15 is 0 Å². The number of alkyl halides is 1. The first-order chi connectivity index (χ1) is 8.13. The zero-order valence-corrected chi connectivity index (χ0v) is 10.3. The molecule has 0 atom stereocenters. The molecule has 0 aromatic heterocycles. The molecule has 1 aliphatic rings. The average molecular weight is 256 g/mol. The van der Waals surface area contributed by atoms with Crippen molar-refractivity contribution in [2.24, 2.45) is 0 Å². The monoisotopic (exact) mass is 255 g/mol. The van der Waals surface area contributed by atoms with Crippen molar-refractivity contribution in [3.05, 3.63) is 23.3 Å². The lowest BCUT2D eigenvalue weighted by molar-refractivity contribution is -0.129. The molecule has 0 aliphatic carbocycles. The van der Waals surface area contributed by atoms with E-state index in [1.54, 1.807) is 24.0 Å². The van der Waals surface area contributed by atoms with E-state index in [1.807, 2.05) is 0 Å². The quantitative estimate of drug-likeness (QED) is 0.777. The largest absolute Gasteiger partial charge is 0.508 e. The Morgan fingerprint density at radius 3 is 3.06 bits per heavy atom. The first-order valence-electron chi connectivity index (χ1n) is 5.41. The van der Waals surface area contributed by atoms with E-state index < -0.39 is 0 Å². The van der Waals surface area contributed by atoms with Gasteiger partial charge in [-0.15, -0.1) is 11.6 Å². The van der Waals surface area contributed by atoms with E-state index in [0.717, 1.165) is 5.56 Å². The Hall–Kier alpha value is -1.42. The van der Waals surface area contributed by atoms with Crippen molar-refractivity contribution in [3.63, 3.8) is 0 Å². The number of fused-ring (bicyclic) bond motifs is 1. The second-order valence-corrected chi connectivity index (χ2v) is 4.26. The van der Waals surface area contributed by atoms with Gasteiger partial charge in [0.05, 0.1) is 6.54 Å². The molecule has 1 aliphatic heterocycles. The van der Waals surface area contributed by atoms with Crippen molar-refractivity contribution in [1.82, 2.24) is 4.90 Å². The van der Waals surface area contributed by atoms with Crippen molar-refractivity contribution in [3.8, 4) is 11.5 Å². The molecule has 5 heteroatoms. The zero-order chi connectivity index (χ0) is 12.4. The van der Waals surface area contributed by atoms with Gasteiger partial charge in [0.2, 0.25) is 5.91 Å². The molecule has 0 unspecified atom stereocenters. The van der Waals surface area contributed by atoms with E-state index in [4.69, 9.17) is 16.3 Å². The number of carbonyl (C=O) groups is 1. The number of hydrogen-bond acceptors (Lipinski definition) is 3. The maximum absolute atomic E-state index is 11.6. The molecule has 4 nitrogen and oxygen atoms in total. The van der Waals surface area contributed by atoms with Crippen molar-refractivity contribution < 1.29 is 14.6 Å². The zero-order valence-electron chi connectivity index (χ0n) is 9.57. The van der Waals surface area contributed by atoms with Gasteiger partial charge in [-0.2, -0.15) is 0 Å². The van der Waals surface area contributed by atoms with Gasteiger partial charge in [0.15, 0.2) is 0 Å². The first kappa shape index (κ1) is 12.0. The molecule has 92 valence electrons. The summed E-state index contributed by atoms with van der Waals surface area (Å²) >= 11 is 5.55. The summed E-state index contributed by atoms with van der Waals surface area (Å²) in [5.41, 5.74) is 1.61. The van der Waals surface area contributed by atoms with E-state index in [2.05, 4.69) is 0 Å². The SMILES string of the molecule is Cc1c(O)ccc2c1OCCN(C(=O)CCl)C2. The van der Waals surface area contributed by atoms with Crippen LogP contribution in [0, 0.1) is 6.92 Å². The third kappa shape index (κ3) is 2.31. The highest BCUT2D eigenvalue weighted by Crippen LogP contribution is 2.32. The number of aromatic hydroxyl groups is 1. The van der Waals surface area contributed by atoms with Crippen molar-refractivity contribution in [2.75, 3.05) is 19.0 Å². The molecule has 17 heavy (non-hydrogen) atoms. The van der Waals surface area contributed by atoms with Crippen LogP contribution in [0.25, 0.3) is 0 Å². The number of carbonyl (C=O) groups excluding carboxylic acids is 1. The van der Waals surface area contributed by atoms with Gasteiger partial charge in [-0.05, 0) is 19.1 Å². The minimum atomic E-state index is -0.103. The minimum absolute atomic E-state index is 0.0214. The maximum Gasteiger partial charge on any atom is 0.237 e. The number of amides is 1. The highest BCUT2D eigenvalue weighted by atomic mass is 35.5. The third-order valence-electron chi connectivity index (χ3n) is 2.89. The van der Waals surface area contributed by atoms with E-state index in [9.17, 15) is 9.90 Å². The number of ether oxygens (including phenoxy) is 1. The molecule has 1 N–H and O–H groups in total. The Morgan fingerprint density at radius 2 is 2.35 bits per heavy atom. The van der Waals surface area contributed by atoms with Crippen LogP contribution >= 0.6 is 11.6 Å². The second kappa shape index (κ2) is 4.84. The summed E-state index contributed by atoms with van der Waals surface area (Å²) in [5, 5.41) is 9.61. The van der Waals surface area contributed by atoms with Crippen LogP contribution in [0.1, 0.15) is 11.1 Å². The summed E-state index contributed by atoms with van der Waals surface area (Å²) in [4.78, 5) is 13.2. The Morgan fingerprint density at radius 1 is 1.59 bits per heavy atom. The van der Waals surface area contributed by atoms with Gasteiger partial charge in [-0.3, -0.25) is 4.79 Å². The molecule has 0 spiro atoms. The fourth-order valence-corrected chi connectivity index (χ4v) is 2.07. The standard InChI is InChI=1S/C12H14ClNO3/c1-8-10(15)3-2-9-7-14(11(16)6-13)4-5-17-12(8)9/h2-3,15H,4-7H2,1H3. The average Bonchev–Trinajstić information content (AvgIpc) is 2.55. The van der Waals surface area contributed by atoms with Crippen molar-refractivity contribution in [1.29, 1.82) is 0 Å². The van der Waals surface area contributed by atoms with Crippen LogP contribution in [0.2, 0.25) is 0 Å². The summed E-state index contributed by atoms with van der Waals surface area (Å²) in [6.07, 6.45) is 0. The first-order valence-corrected chi connectivity index (χ1v) is 5.95. The molecule has 1 aromatic rings. The van der Waals surface area contributed by atoms with Crippen LogP contribution in [0.3, 0.4) is 0 Å². The molecule has 1 amide bonds. The topological polar surface area (TPSA) is 49.8 Å². The van der Waals surface area contributed by atoms with Crippen LogP contribution in [-0.4, -0.2) is 34.9 Å². The lowest BCUT2D eigenvalue weighted by Gasteiger charge is -2.18. The predicted octanol–water partition coefficient (Wildman–Crippen LogP) is 1.66. The van der Waals surface area contributed by atoms with Crippen LogP contribution in [0.15, 0.2) is 12.1 Å². The van der Waals surface area contributed by atoms with Crippen molar-refractivity contribution >= 4 is 17.5 Å². The summed E-state index contributed by atoms with van der Waals surface area (Å²) < 4.78 is 5.59. The van der Waals surface area contributed by atoms with E-state index in [0.29, 0.717) is 31.0 Å². The Labute approximate surface area is 105 Å². The van der Waals surface area contributed by atoms with E-state index in [-0.39, 0.29) is 17.5 Å². The summed E-state index contributed by atoms with van der Waals surface area (Å²) in [6.45, 7) is 3.20. The van der Waals surface area contributed by atoms with Gasteiger partial charge in [-0.1, -0.05) is 0 Å². The summed E-state index contributed by atoms with van der Waals surface area (Å²) in [7, 11) is 0. The van der Waals surface area contributed by atoms with Crippen molar-refractivity contribution in [2.45, 2.75) is 13.5 Å². The molecular weight excluding hydrogens is 242 g/mol. The smallest absolute Gasteiger partial charge is 0.237 e. The van der Waals surface area contributed by atoms with Gasteiger partial charge < -0.3 is 14.7 Å². The number of hydrogen-bond donors (Lipinski definition) is 1. The molecule has 0 bridgehead atoms. The molecule has 0 radical (unpaired) electrons. The number of benzene rings is 1. The lowest BCUT2D eigenvalue weighted by atomic mass is 10.1. The summed E-state index contributed by atoms with van der Waals surface area (Å²) in [6, 6.07) is 3.39. The highest BCUT2D eigenvalue weighted by molar-refractivity contribution is 6.27. The Balaban J connectivity index is 2.33. The number of halogens is 1. The van der Waals surface area contributed by atoms with Crippen LogP contribution in [-0.2, 0) is 11.3 Å². The van der Waals surface area contributed by atoms with Crippen LogP contribution in [0.4, 0.5) is 0 Å². The normalized spacial score (nSPS) is 14.8. The maximum atomic E-state index is 11.6. The lowest BCUT2D eigenvalue weighted by Crippen LogP contribution is -2.33. The second-order valence-electron chi connectivity index (χ2n) is 4.00. The number of rotatable bonds is 1. The fraction of sp³-hybridized carbons (Fsp3) is 0.417. The molecule has 0 saturated carbocycles. The molecule has 0 saturated heterocycles. The Bertz CT molecular complexity index is 448. The molecule has 1 aromatic carbocycles. The summed E-state index contributed by atoms with van der Waals surface area (Å²) in [5.74, 6) is 0.761. The number of phenolic OH excluding ortho intramolecular Hbond substituents is 1. The molecule has 1 heterocycles. The van der Waals surface area contributed by atoms with Gasteiger partial charge in [0, 0.05) is 17.7 Å². The van der Waals surface area contributed by atoms with E-state index in [1.165, 1.54) is 0 Å². The Kier molecular flexibility index (Phi) is 3.43.